The van der Waals surface area contributed by atoms with E-state index in [4.69, 9.17) is 9.47 Å². The van der Waals surface area contributed by atoms with E-state index in [0.29, 0.717) is 23.5 Å². The fourth-order valence-corrected chi connectivity index (χ4v) is 3.68. The molecular formula is C23H25N3O4. The molecule has 0 radical (unpaired) electrons. The molecule has 1 atom stereocenters. The molecule has 1 aromatic heterocycles. The lowest BCUT2D eigenvalue weighted by Crippen LogP contribution is -2.32. The van der Waals surface area contributed by atoms with Gasteiger partial charge in [-0.25, -0.2) is 4.98 Å². The van der Waals surface area contributed by atoms with Gasteiger partial charge in [0.05, 0.1) is 24.2 Å². The smallest absolute Gasteiger partial charge is 0.277 e. The summed E-state index contributed by atoms with van der Waals surface area (Å²) < 4.78 is 12.4. The summed E-state index contributed by atoms with van der Waals surface area (Å²) in [6.07, 6.45) is 2.58. The summed E-state index contributed by atoms with van der Waals surface area (Å²) in [4.78, 5) is 30.0. The number of ether oxygens (including phenoxy) is 2. The van der Waals surface area contributed by atoms with E-state index in [1.807, 2.05) is 48.5 Å². The van der Waals surface area contributed by atoms with Gasteiger partial charge in [0, 0.05) is 31.7 Å². The number of nitrogens with zero attached hydrogens (tertiary/aromatic N) is 2. The second kappa shape index (κ2) is 9.09. The first-order chi connectivity index (χ1) is 14.7. The Kier molecular flexibility index (Phi) is 6.09. The van der Waals surface area contributed by atoms with E-state index in [9.17, 15) is 9.59 Å². The minimum atomic E-state index is -0.217. The minimum Gasteiger partial charge on any atom is -0.497 e. The maximum absolute atomic E-state index is 13.2. The number of benzene rings is 2. The summed E-state index contributed by atoms with van der Waals surface area (Å²) in [5, 5.41) is 2.90. The van der Waals surface area contributed by atoms with Crippen molar-refractivity contribution in [2.45, 2.75) is 31.8 Å². The van der Waals surface area contributed by atoms with Gasteiger partial charge in [-0.05, 0) is 49.2 Å². The van der Waals surface area contributed by atoms with Crippen LogP contribution in [-0.2, 0) is 16.0 Å². The van der Waals surface area contributed by atoms with Crippen LogP contribution in [0.25, 0.3) is 16.7 Å². The zero-order valence-electron chi connectivity index (χ0n) is 17.0. The normalized spacial score (nSPS) is 16.0. The number of para-hydroxylation sites is 2. The number of fused-ring (bicyclic) bond motifs is 1. The van der Waals surface area contributed by atoms with Crippen LogP contribution in [0.3, 0.4) is 0 Å². The molecule has 1 aliphatic rings. The standard InChI is InChI=1S/C23H25N3O4/c1-29-17-10-8-16(9-11-17)26-21-7-3-2-6-19(21)25-20(23(26)28)12-13-22(27)24-15-18-5-4-14-30-18/h2-3,6-11,18H,4-5,12-15H2,1H3,(H,24,27)/t18-/m1/s1. The molecule has 1 N–H and O–H groups in total. The SMILES string of the molecule is COc1ccc(-n2c(=O)c(CCC(=O)NC[C@H]3CCCO3)nc3ccccc32)cc1. The second-order valence-electron chi connectivity index (χ2n) is 7.32. The Morgan fingerprint density at radius 2 is 2.03 bits per heavy atom. The van der Waals surface area contributed by atoms with Gasteiger partial charge >= 0.3 is 0 Å². The Morgan fingerprint density at radius 1 is 1.23 bits per heavy atom. The maximum atomic E-state index is 13.2. The Hall–Kier alpha value is -3.19. The van der Waals surface area contributed by atoms with Crippen LogP contribution in [-0.4, -0.2) is 41.8 Å². The molecule has 0 saturated carbocycles. The van der Waals surface area contributed by atoms with Gasteiger partial charge in [0.2, 0.25) is 5.91 Å². The number of aryl methyl sites for hydroxylation is 1. The molecular weight excluding hydrogens is 382 g/mol. The van der Waals surface area contributed by atoms with E-state index in [2.05, 4.69) is 10.3 Å². The zero-order valence-corrected chi connectivity index (χ0v) is 17.0. The number of carbonyl (C=O) groups excluding carboxylic acids is 1. The van der Waals surface area contributed by atoms with Crippen LogP contribution in [0, 0.1) is 0 Å². The molecule has 7 heteroatoms. The van der Waals surface area contributed by atoms with Gasteiger partial charge in [0.1, 0.15) is 11.4 Å². The first-order valence-corrected chi connectivity index (χ1v) is 10.2. The number of methoxy groups -OCH3 is 1. The average Bonchev–Trinajstić information content (AvgIpc) is 3.30. The lowest BCUT2D eigenvalue weighted by Gasteiger charge is -2.13. The van der Waals surface area contributed by atoms with Crippen molar-refractivity contribution in [3.05, 3.63) is 64.6 Å². The van der Waals surface area contributed by atoms with Crippen molar-refractivity contribution in [1.29, 1.82) is 0 Å². The third kappa shape index (κ3) is 4.36. The van der Waals surface area contributed by atoms with Gasteiger partial charge in [-0.15, -0.1) is 0 Å². The molecule has 1 fully saturated rings. The van der Waals surface area contributed by atoms with Crippen LogP contribution in [0.4, 0.5) is 0 Å². The predicted molar refractivity (Wildman–Crippen MR) is 114 cm³/mol. The largest absolute Gasteiger partial charge is 0.497 e. The number of carbonyl (C=O) groups is 1. The van der Waals surface area contributed by atoms with E-state index < -0.39 is 0 Å². The van der Waals surface area contributed by atoms with E-state index in [-0.39, 0.29) is 30.4 Å². The van der Waals surface area contributed by atoms with Crippen molar-refractivity contribution >= 4 is 16.9 Å². The van der Waals surface area contributed by atoms with Crippen LogP contribution in [0.15, 0.2) is 53.3 Å². The molecule has 30 heavy (non-hydrogen) atoms. The number of hydrogen-bond donors (Lipinski definition) is 1. The summed E-state index contributed by atoms with van der Waals surface area (Å²) in [7, 11) is 1.60. The van der Waals surface area contributed by atoms with Crippen molar-refractivity contribution in [1.82, 2.24) is 14.9 Å². The lowest BCUT2D eigenvalue weighted by atomic mass is 10.2. The monoisotopic (exact) mass is 407 g/mol. The van der Waals surface area contributed by atoms with Crippen LogP contribution >= 0.6 is 0 Å². The molecule has 2 aromatic carbocycles. The summed E-state index contributed by atoms with van der Waals surface area (Å²) in [5.41, 5.74) is 2.31. The summed E-state index contributed by atoms with van der Waals surface area (Å²) in [5.74, 6) is 0.615. The maximum Gasteiger partial charge on any atom is 0.277 e. The molecule has 3 aromatic rings. The van der Waals surface area contributed by atoms with Gasteiger partial charge in [0.25, 0.3) is 5.56 Å². The summed E-state index contributed by atoms with van der Waals surface area (Å²) >= 11 is 0. The molecule has 0 unspecified atom stereocenters. The van der Waals surface area contributed by atoms with Crippen molar-refractivity contribution in [2.75, 3.05) is 20.3 Å². The van der Waals surface area contributed by atoms with Gasteiger partial charge in [-0.2, -0.15) is 0 Å². The van der Waals surface area contributed by atoms with Crippen molar-refractivity contribution < 1.29 is 14.3 Å². The van der Waals surface area contributed by atoms with Crippen molar-refractivity contribution in [3.8, 4) is 11.4 Å². The molecule has 1 aliphatic heterocycles. The zero-order chi connectivity index (χ0) is 20.9. The minimum absolute atomic E-state index is 0.0973. The van der Waals surface area contributed by atoms with Gasteiger partial charge in [0.15, 0.2) is 0 Å². The number of aromatic nitrogens is 2. The van der Waals surface area contributed by atoms with Crippen molar-refractivity contribution in [2.24, 2.45) is 0 Å². The highest BCUT2D eigenvalue weighted by Crippen LogP contribution is 2.19. The average molecular weight is 407 g/mol. The molecule has 0 spiro atoms. The van der Waals surface area contributed by atoms with Gasteiger partial charge < -0.3 is 14.8 Å². The highest BCUT2D eigenvalue weighted by atomic mass is 16.5. The van der Waals surface area contributed by atoms with E-state index in [0.717, 1.165) is 30.7 Å². The van der Waals surface area contributed by atoms with Crippen LogP contribution in [0.2, 0.25) is 0 Å². The second-order valence-corrected chi connectivity index (χ2v) is 7.32. The summed E-state index contributed by atoms with van der Waals surface area (Å²) in [6, 6.07) is 14.8. The third-order valence-corrected chi connectivity index (χ3v) is 5.30. The van der Waals surface area contributed by atoms with Gasteiger partial charge in [-0.3, -0.25) is 14.2 Å². The predicted octanol–water partition coefficient (Wildman–Crippen LogP) is 2.62. The molecule has 156 valence electrons. The topological polar surface area (TPSA) is 82.5 Å². The first-order valence-electron chi connectivity index (χ1n) is 10.2. The molecule has 0 aliphatic carbocycles. The Balaban J connectivity index is 1.58. The lowest BCUT2D eigenvalue weighted by molar-refractivity contribution is -0.121. The number of hydrogen-bond acceptors (Lipinski definition) is 5. The molecule has 1 saturated heterocycles. The molecule has 1 amide bonds. The molecule has 0 bridgehead atoms. The Labute approximate surface area is 174 Å². The first kappa shape index (κ1) is 20.1. The van der Waals surface area contributed by atoms with Crippen LogP contribution in [0.1, 0.15) is 25.0 Å². The molecule has 4 rings (SSSR count). The quantitative estimate of drug-likeness (QED) is 0.651. The molecule has 7 nitrogen and oxygen atoms in total. The number of rotatable bonds is 7. The van der Waals surface area contributed by atoms with E-state index in [1.54, 1.807) is 11.7 Å². The van der Waals surface area contributed by atoms with E-state index in [1.165, 1.54) is 0 Å². The van der Waals surface area contributed by atoms with E-state index >= 15 is 0 Å². The highest BCUT2D eigenvalue weighted by molar-refractivity contribution is 5.78. The highest BCUT2D eigenvalue weighted by Gasteiger charge is 2.17. The summed E-state index contributed by atoms with van der Waals surface area (Å²) in [6.45, 7) is 1.27. The van der Waals surface area contributed by atoms with Crippen LogP contribution in [0.5, 0.6) is 5.75 Å². The fraction of sp³-hybridized carbons (Fsp3) is 0.348. The Morgan fingerprint density at radius 3 is 2.77 bits per heavy atom. The van der Waals surface area contributed by atoms with Crippen molar-refractivity contribution in [3.63, 3.8) is 0 Å². The molecule has 2 heterocycles. The number of amides is 1. The van der Waals surface area contributed by atoms with Gasteiger partial charge in [-0.1, -0.05) is 12.1 Å². The third-order valence-electron chi connectivity index (χ3n) is 5.30. The number of nitrogens with one attached hydrogen (secondary N) is 1. The van der Waals surface area contributed by atoms with Crippen LogP contribution < -0.4 is 15.6 Å². The fourth-order valence-electron chi connectivity index (χ4n) is 3.68. The Bertz CT molecular complexity index is 1090.